The third-order valence-electron chi connectivity index (χ3n) is 3.46. The molecule has 0 aliphatic carbocycles. The zero-order valence-corrected chi connectivity index (χ0v) is 13.8. The zero-order valence-electron chi connectivity index (χ0n) is 13.8. The smallest absolute Gasteiger partial charge is 0.216 e. The summed E-state index contributed by atoms with van der Waals surface area (Å²) >= 11 is 0. The Kier molecular flexibility index (Phi) is 5.26. The number of hydrogen-bond acceptors (Lipinski definition) is 9. The van der Waals surface area contributed by atoms with Crippen molar-refractivity contribution in [2.24, 2.45) is 5.18 Å². The number of nitrogens with zero attached hydrogens (tertiary/aromatic N) is 4. The van der Waals surface area contributed by atoms with Gasteiger partial charge in [-0.3, -0.25) is 5.41 Å². The first-order chi connectivity index (χ1) is 13.1. The van der Waals surface area contributed by atoms with Crippen LogP contribution in [0.4, 0.5) is 10.2 Å². The van der Waals surface area contributed by atoms with Gasteiger partial charge in [-0.2, -0.15) is 4.98 Å². The molecule has 136 valence electrons. The molecule has 27 heavy (non-hydrogen) atoms. The summed E-state index contributed by atoms with van der Waals surface area (Å²) in [5, 5.41) is 27.0. The maximum atomic E-state index is 13.8. The molecule has 10 heteroatoms. The molecule has 0 amide bonds. The van der Waals surface area contributed by atoms with Gasteiger partial charge in [0.05, 0.1) is 5.70 Å². The van der Waals surface area contributed by atoms with Gasteiger partial charge in [0, 0.05) is 24.2 Å². The van der Waals surface area contributed by atoms with Crippen molar-refractivity contribution in [3.8, 4) is 5.88 Å². The van der Waals surface area contributed by atoms with Crippen molar-refractivity contribution < 1.29 is 14.0 Å². The molecule has 0 fully saturated rings. The molecule has 0 spiro atoms. The molecule has 3 aromatic rings. The number of halogens is 1. The summed E-state index contributed by atoms with van der Waals surface area (Å²) < 4.78 is 18.6. The average Bonchev–Trinajstić information content (AvgIpc) is 3.20. The lowest BCUT2D eigenvalue weighted by molar-refractivity contribution is 0.417. The van der Waals surface area contributed by atoms with Crippen LogP contribution in [0, 0.1) is 16.1 Å². The molecule has 0 radical (unpaired) electrons. The lowest BCUT2D eigenvalue weighted by Crippen LogP contribution is -2.15. The lowest BCUT2D eigenvalue weighted by Gasteiger charge is -2.10. The Morgan fingerprint density at radius 3 is 2.85 bits per heavy atom. The van der Waals surface area contributed by atoms with E-state index in [0.717, 1.165) is 6.07 Å². The predicted molar refractivity (Wildman–Crippen MR) is 93.7 cm³/mol. The van der Waals surface area contributed by atoms with Crippen LogP contribution in [0.15, 0.2) is 58.4 Å². The van der Waals surface area contributed by atoms with Gasteiger partial charge in [0.25, 0.3) is 0 Å². The van der Waals surface area contributed by atoms with Crippen LogP contribution in [0.5, 0.6) is 5.88 Å². The molecule has 0 aliphatic rings. The SMILES string of the molecule is N=C(/C=C(\NCc1ccccc1F)c1ccon1)c1nc(O)cc(N=O)n1. The van der Waals surface area contributed by atoms with E-state index >= 15 is 0 Å². The lowest BCUT2D eigenvalue weighted by atomic mass is 10.2. The minimum absolute atomic E-state index is 0.126. The fourth-order valence-corrected chi connectivity index (χ4v) is 2.20. The molecule has 3 N–H and O–H groups in total. The quantitative estimate of drug-likeness (QED) is 0.430. The summed E-state index contributed by atoms with van der Waals surface area (Å²) in [6.45, 7) is 0.126. The van der Waals surface area contributed by atoms with E-state index in [1.807, 2.05) is 0 Å². The first-order valence-corrected chi connectivity index (χ1v) is 7.67. The summed E-state index contributed by atoms with van der Waals surface area (Å²) in [7, 11) is 0. The van der Waals surface area contributed by atoms with Gasteiger partial charge >= 0.3 is 0 Å². The second-order valence-electron chi connectivity index (χ2n) is 5.30. The normalized spacial score (nSPS) is 11.2. The van der Waals surface area contributed by atoms with Crippen LogP contribution >= 0.6 is 0 Å². The molecule has 0 unspecified atom stereocenters. The van der Waals surface area contributed by atoms with Gasteiger partial charge < -0.3 is 14.9 Å². The van der Waals surface area contributed by atoms with Crippen LogP contribution in [0.1, 0.15) is 17.1 Å². The molecule has 3 rings (SSSR count). The summed E-state index contributed by atoms with van der Waals surface area (Å²) in [5.41, 5.74) is 0.892. The second kappa shape index (κ2) is 7.95. The van der Waals surface area contributed by atoms with Crippen molar-refractivity contribution in [3.63, 3.8) is 0 Å². The Hall–Kier alpha value is -3.95. The van der Waals surface area contributed by atoms with Crippen LogP contribution in [-0.4, -0.2) is 25.9 Å². The highest BCUT2D eigenvalue weighted by atomic mass is 19.1. The molecule has 0 saturated heterocycles. The number of rotatable bonds is 7. The molecular weight excluding hydrogens is 355 g/mol. The fourth-order valence-electron chi connectivity index (χ4n) is 2.20. The summed E-state index contributed by atoms with van der Waals surface area (Å²) in [5.74, 6) is -1.39. The van der Waals surface area contributed by atoms with Gasteiger partial charge in [0.1, 0.15) is 23.5 Å². The minimum Gasteiger partial charge on any atom is -0.493 e. The van der Waals surface area contributed by atoms with Crippen LogP contribution in [0.3, 0.4) is 0 Å². The van der Waals surface area contributed by atoms with E-state index in [2.05, 4.69) is 25.6 Å². The topological polar surface area (TPSA) is 137 Å². The molecule has 0 atom stereocenters. The van der Waals surface area contributed by atoms with Gasteiger partial charge in [-0.25, -0.2) is 9.37 Å². The van der Waals surface area contributed by atoms with Crippen molar-refractivity contribution in [2.45, 2.75) is 6.54 Å². The van der Waals surface area contributed by atoms with Crippen molar-refractivity contribution in [3.05, 3.63) is 76.5 Å². The molecule has 2 heterocycles. The van der Waals surface area contributed by atoms with Crippen molar-refractivity contribution in [1.82, 2.24) is 20.4 Å². The number of hydrogen-bond donors (Lipinski definition) is 3. The van der Waals surface area contributed by atoms with E-state index in [-0.39, 0.29) is 29.7 Å². The van der Waals surface area contributed by atoms with E-state index < -0.39 is 5.88 Å². The fraction of sp³-hybridized carbons (Fsp3) is 0.0588. The van der Waals surface area contributed by atoms with E-state index in [9.17, 15) is 14.4 Å². The highest BCUT2D eigenvalue weighted by Crippen LogP contribution is 2.17. The summed E-state index contributed by atoms with van der Waals surface area (Å²) in [6, 6.07) is 8.77. The molecule has 1 aromatic carbocycles. The Morgan fingerprint density at radius 2 is 2.15 bits per heavy atom. The number of allylic oxidation sites excluding steroid dienone is 1. The minimum atomic E-state index is -0.491. The first-order valence-electron chi connectivity index (χ1n) is 7.67. The number of aromatic nitrogens is 3. The Balaban J connectivity index is 1.89. The molecule has 2 aromatic heterocycles. The van der Waals surface area contributed by atoms with Gasteiger partial charge in [-0.05, 0) is 17.3 Å². The first kappa shape index (κ1) is 17.9. The van der Waals surface area contributed by atoms with Gasteiger partial charge in [-0.1, -0.05) is 23.4 Å². The van der Waals surface area contributed by atoms with Crippen molar-refractivity contribution in [1.29, 1.82) is 5.41 Å². The van der Waals surface area contributed by atoms with E-state index in [1.165, 1.54) is 18.4 Å². The maximum Gasteiger partial charge on any atom is 0.216 e. The highest BCUT2D eigenvalue weighted by molar-refractivity contribution is 6.07. The van der Waals surface area contributed by atoms with E-state index in [0.29, 0.717) is 17.0 Å². The number of benzene rings is 1. The zero-order chi connectivity index (χ0) is 19.2. The number of nitrogens with one attached hydrogen (secondary N) is 2. The predicted octanol–water partition coefficient (Wildman–Crippen LogP) is 2.91. The summed E-state index contributed by atoms with van der Waals surface area (Å²) in [6.07, 6.45) is 2.67. The second-order valence-corrected chi connectivity index (χ2v) is 5.30. The maximum absolute atomic E-state index is 13.8. The molecular formula is C17H13FN6O3. The monoisotopic (exact) mass is 368 g/mol. The van der Waals surface area contributed by atoms with Crippen LogP contribution in [0.25, 0.3) is 5.70 Å². The Bertz CT molecular complexity index is 1000. The Labute approximate surface area is 152 Å². The largest absolute Gasteiger partial charge is 0.493 e. The molecule has 9 nitrogen and oxygen atoms in total. The summed E-state index contributed by atoms with van der Waals surface area (Å²) in [4.78, 5) is 18.1. The van der Waals surface area contributed by atoms with E-state index in [4.69, 9.17) is 9.93 Å². The molecule has 0 bridgehead atoms. The Morgan fingerprint density at radius 1 is 1.33 bits per heavy atom. The van der Waals surface area contributed by atoms with Crippen LogP contribution < -0.4 is 5.32 Å². The number of aromatic hydroxyl groups is 1. The molecule has 0 saturated carbocycles. The highest BCUT2D eigenvalue weighted by Gasteiger charge is 2.12. The van der Waals surface area contributed by atoms with Crippen molar-refractivity contribution >= 4 is 17.2 Å². The third kappa shape index (κ3) is 4.37. The van der Waals surface area contributed by atoms with Gasteiger partial charge in [0.2, 0.25) is 11.7 Å². The van der Waals surface area contributed by atoms with E-state index in [1.54, 1.807) is 24.3 Å². The number of nitroso groups, excluding NO2 is 1. The van der Waals surface area contributed by atoms with Crippen LogP contribution in [0.2, 0.25) is 0 Å². The third-order valence-corrected chi connectivity index (χ3v) is 3.46. The van der Waals surface area contributed by atoms with Crippen molar-refractivity contribution in [2.75, 3.05) is 0 Å². The van der Waals surface area contributed by atoms with Crippen LogP contribution in [-0.2, 0) is 6.54 Å². The van der Waals surface area contributed by atoms with Gasteiger partial charge in [0.15, 0.2) is 5.82 Å². The van der Waals surface area contributed by atoms with Gasteiger partial charge in [-0.15, -0.1) is 4.91 Å². The standard InChI is InChI=1S/C17H13FN6O3/c18-11-4-2-1-3-10(11)9-20-14(13-5-6-27-24-13)7-12(19)17-21-15(23-26)8-16(25)22-17/h1-8,19-20H,9H2,(H,21,22,25)/b14-7-,19-12?. The average molecular weight is 368 g/mol. The molecule has 0 aliphatic heterocycles.